The van der Waals surface area contributed by atoms with Gasteiger partial charge in [-0.1, -0.05) is 12.0 Å². The molecule has 0 spiro atoms. The number of carbonyl (C=O) groups is 1. The van der Waals surface area contributed by atoms with E-state index >= 15 is 0 Å². The first-order valence-corrected chi connectivity index (χ1v) is 5.83. The van der Waals surface area contributed by atoms with Crippen LogP contribution in [0.1, 0.15) is 15.9 Å². The van der Waals surface area contributed by atoms with E-state index in [1.165, 1.54) is 6.07 Å². The molecule has 0 aliphatic heterocycles. The van der Waals surface area contributed by atoms with Gasteiger partial charge in [0.2, 0.25) is 5.82 Å². The molecular formula is C15H9FN2O3. The molecule has 0 atom stereocenters. The Morgan fingerprint density at radius 2 is 2.05 bits per heavy atom. The predicted molar refractivity (Wildman–Crippen MR) is 75.4 cm³/mol. The second-order valence-corrected chi connectivity index (χ2v) is 4.10. The molecule has 0 radical (unpaired) electrons. The molecule has 21 heavy (non-hydrogen) atoms. The zero-order chi connectivity index (χ0) is 15.4. The maximum Gasteiger partial charge on any atom is 0.305 e. The third kappa shape index (κ3) is 3.22. The van der Waals surface area contributed by atoms with Gasteiger partial charge in [-0.2, -0.15) is 4.39 Å². The van der Waals surface area contributed by atoms with Crippen LogP contribution < -0.4 is 5.32 Å². The van der Waals surface area contributed by atoms with Crippen LogP contribution in [0.15, 0.2) is 42.5 Å². The molecular weight excluding hydrogens is 275 g/mol. The van der Waals surface area contributed by atoms with Crippen molar-refractivity contribution in [2.24, 2.45) is 0 Å². The summed E-state index contributed by atoms with van der Waals surface area (Å²) in [4.78, 5) is 21.8. The minimum Gasteiger partial charge on any atom is -0.322 e. The van der Waals surface area contributed by atoms with Crippen LogP contribution in [0.4, 0.5) is 15.8 Å². The number of amides is 1. The second kappa shape index (κ2) is 5.84. The fourth-order valence-electron chi connectivity index (χ4n) is 1.68. The molecule has 1 N–H and O–H groups in total. The first-order chi connectivity index (χ1) is 10.0. The number of carbonyl (C=O) groups excluding carboxylic acids is 1. The van der Waals surface area contributed by atoms with Gasteiger partial charge in [0.1, 0.15) is 0 Å². The molecule has 1 amide bonds. The molecule has 0 heterocycles. The minimum absolute atomic E-state index is 0.0192. The van der Waals surface area contributed by atoms with Gasteiger partial charge in [0.25, 0.3) is 5.91 Å². The average Bonchev–Trinajstić information content (AvgIpc) is 2.47. The Kier molecular flexibility index (Phi) is 3.95. The summed E-state index contributed by atoms with van der Waals surface area (Å²) in [5.74, 6) is 0.837. The molecule has 0 saturated heterocycles. The lowest BCUT2D eigenvalue weighted by molar-refractivity contribution is -0.387. The monoisotopic (exact) mass is 284 g/mol. The highest BCUT2D eigenvalue weighted by atomic mass is 19.1. The number of nitrogens with zero attached hydrogens (tertiary/aromatic N) is 1. The van der Waals surface area contributed by atoms with E-state index in [1.807, 2.05) is 0 Å². The summed E-state index contributed by atoms with van der Waals surface area (Å²) in [5, 5.41) is 13.2. The van der Waals surface area contributed by atoms with Crippen LogP contribution in [0.2, 0.25) is 0 Å². The van der Waals surface area contributed by atoms with E-state index in [9.17, 15) is 19.3 Å². The highest BCUT2D eigenvalue weighted by molar-refractivity contribution is 6.04. The molecule has 2 aromatic carbocycles. The second-order valence-electron chi connectivity index (χ2n) is 4.10. The standard InChI is InChI=1S/C15H9FN2O3/c1-2-10-4-3-5-12(8-10)17-15(19)11-6-7-13(16)14(9-11)18(20)21/h1,3-9H,(H,17,19). The highest BCUT2D eigenvalue weighted by Crippen LogP contribution is 2.19. The predicted octanol–water partition coefficient (Wildman–Crippen LogP) is 2.97. The van der Waals surface area contributed by atoms with E-state index in [0.29, 0.717) is 11.3 Å². The normalized spacial score (nSPS) is 9.71. The number of nitrogens with one attached hydrogen (secondary N) is 1. The number of rotatable bonds is 3. The Hall–Kier alpha value is -3.20. The summed E-state index contributed by atoms with van der Waals surface area (Å²) >= 11 is 0. The number of hydrogen-bond donors (Lipinski definition) is 1. The fourth-order valence-corrected chi connectivity index (χ4v) is 1.68. The summed E-state index contributed by atoms with van der Waals surface area (Å²) < 4.78 is 13.2. The zero-order valence-electron chi connectivity index (χ0n) is 10.7. The van der Waals surface area contributed by atoms with E-state index in [-0.39, 0.29) is 5.56 Å². The van der Waals surface area contributed by atoms with Crippen molar-refractivity contribution >= 4 is 17.3 Å². The van der Waals surface area contributed by atoms with Crippen molar-refractivity contribution in [2.75, 3.05) is 5.32 Å². The Morgan fingerprint density at radius 3 is 2.71 bits per heavy atom. The first kappa shape index (κ1) is 14.2. The summed E-state index contributed by atoms with van der Waals surface area (Å²) in [6.07, 6.45) is 5.25. The largest absolute Gasteiger partial charge is 0.322 e. The maximum atomic E-state index is 13.2. The molecule has 104 valence electrons. The number of nitro groups is 1. The molecule has 0 saturated carbocycles. The van der Waals surface area contributed by atoms with E-state index in [0.717, 1.165) is 12.1 Å². The van der Waals surface area contributed by atoms with Crippen molar-refractivity contribution in [2.45, 2.75) is 0 Å². The molecule has 0 fully saturated rings. The summed E-state index contributed by atoms with van der Waals surface area (Å²) in [7, 11) is 0. The fraction of sp³-hybridized carbons (Fsp3) is 0. The summed E-state index contributed by atoms with van der Waals surface area (Å²) in [6.45, 7) is 0. The van der Waals surface area contributed by atoms with Crippen LogP contribution in [-0.2, 0) is 0 Å². The Morgan fingerprint density at radius 1 is 1.29 bits per heavy atom. The molecule has 2 aromatic rings. The van der Waals surface area contributed by atoms with Gasteiger partial charge in [0, 0.05) is 22.9 Å². The van der Waals surface area contributed by atoms with Crippen LogP contribution in [-0.4, -0.2) is 10.8 Å². The third-order valence-corrected chi connectivity index (χ3v) is 2.69. The van der Waals surface area contributed by atoms with E-state index in [2.05, 4.69) is 11.2 Å². The SMILES string of the molecule is C#Cc1cccc(NC(=O)c2ccc(F)c([N+](=O)[O-])c2)c1. The number of halogens is 1. The Labute approximate surface area is 119 Å². The lowest BCUT2D eigenvalue weighted by Gasteiger charge is -2.06. The van der Waals surface area contributed by atoms with Crippen molar-refractivity contribution in [1.29, 1.82) is 0 Å². The van der Waals surface area contributed by atoms with Crippen LogP contribution in [0.25, 0.3) is 0 Å². The molecule has 0 bridgehead atoms. The Bertz CT molecular complexity index is 766. The maximum absolute atomic E-state index is 13.2. The van der Waals surface area contributed by atoms with E-state index in [1.54, 1.807) is 24.3 Å². The molecule has 2 rings (SSSR count). The van der Waals surface area contributed by atoms with Gasteiger partial charge >= 0.3 is 5.69 Å². The number of hydrogen-bond acceptors (Lipinski definition) is 3. The lowest BCUT2D eigenvalue weighted by Crippen LogP contribution is -2.12. The van der Waals surface area contributed by atoms with Gasteiger partial charge in [-0.25, -0.2) is 0 Å². The van der Waals surface area contributed by atoms with Gasteiger partial charge in [0.15, 0.2) is 0 Å². The van der Waals surface area contributed by atoms with Gasteiger partial charge in [-0.3, -0.25) is 14.9 Å². The van der Waals surface area contributed by atoms with Gasteiger partial charge in [0.05, 0.1) is 4.92 Å². The van der Waals surface area contributed by atoms with Crippen LogP contribution in [0.5, 0.6) is 0 Å². The van der Waals surface area contributed by atoms with Crippen molar-refractivity contribution in [3.63, 3.8) is 0 Å². The van der Waals surface area contributed by atoms with Crippen molar-refractivity contribution in [3.8, 4) is 12.3 Å². The van der Waals surface area contributed by atoms with Gasteiger partial charge in [-0.05, 0) is 30.3 Å². The first-order valence-electron chi connectivity index (χ1n) is 5.83. The van der Waals surface area contributed by atoms with Crippen molar-refractivity contribution in [1.82, 2.24) is 0 Å². The molecule has 0 aromatic heterocycles. The topological polar surface area (TPSA) is 72.2 Å². The lowest BCUT2D eigenvalue weighted by atomic mass is 10.1. The number of anilines is 1. The number of benzene rings is 2. The highest BCUT2D eigenvalue weighted by Gasteiger charge is 2.17. The summed E-state index contributed by atoms with van der Waals surface area (Å²) in [5.41, 5.74) is 0.259. The van der Waals surface area contributed by atoms with Crippen molar-refractivity contribution < 1.29 is 14.1 Å². The summed E-state index contributed by atoms with van der Waals surface area (Å²) in [6, 6.07) is 9.49. The molecule has 0 unspecified atom stereocenters. The number of terminal acetylenes is 1. The molecule has 0 aliphatic carbocycles. The van der Waals surface area contributed by atoms with Gasteiger partial charge < -0.3 is 5.32 Å². The molecule has 0 aliphatic rings. The molecule has 5 nitrogen and oxygen atoms in total. The average molecular weight is 284 g/mol. The van der Waals surface area contributed by atoms with Gasteiger partial charge in [-0.15, -0.1) is 6.42 Å². The number of nitro benzene ring substituents is 1. The smallest absolute Gasteiger partial charge is 0.305 e. The Balaban J connectivity index is 2.26. The quantitative estimate of drug-likeness (QED) is 0.535. The minimum atomic E-state index is -0.995. The van der Waals surface area contributed by atoms with Crippen LogP contribution >= 0.6 is 0 Å². The zero-order valence-corrected chi connectivity index (χ0v) is 10.7. The van der Waals surface area contributed by atoms with Crippen LogP contribution in [0.3, 0.4) is 0 Å². The third-order valence-electron chi connectivity index (χ3n) is 2.69. The van der Waals surface area contributed by atoms with E-state index in [4.69, 9.17) is 6.42 Å². The molecule has 6 heteroatoms. The van der Waals surface area contributed by atoms with Crippen LogP contribution in [0, 0.1) is 28.3 Å². The van der Waals surface area contributed by atoms with Crippen molar-refractivity contribution in [3.05, 3.63) is 69.5 Å². The van der Waals surface area contributed by atoms with E-state index < -0.39 is 22.3 Å².